The number of alkyl halides is 17. The number of ether oxygens (including phenoxy) is 4. The van der Waals surface area contributed by atoms with E-state index < -0.39 is 73.6 Å². The summed E-state index contributed by atoms with van der Waals surface area (Å²) >= 11 is 0. The van der Waals surface area contributed by atoms with Crippen molar-refractivity contribution in [3.63, 3.8) is 0 Å². The van der Waals surface area contributed by atoms with Gasteiger partial charge in [-0.2, -0.15) is 74.6 Å². The van der Waals surface area contributed by atoms with Gasteiger partial charge in [0.1, 0.15) is 12.7 Å². The van der Waals surface area contributed by atoms with Crippen LogP contribution in [0, 0.1) is 0 Å². The molecule has 0 saturated carbocycles. The van der Waals surface area contributed by atoms with E-state index in [9.17, 15) is 74.6 Å². The minimum absolute atomic E-state index is 0.00642. The van der Waals surface area contributed by atoms with Gasteiger partial charge < -0.3 is 18.9 Å². The van der Waals surface area contributed by atoms with Crippen molar-refractivity contribution in [2.75, 3.05) is 46.8 Å². The van der Waals surface area contributed by atoms with E-state index in [2.05, 4.69) is 9.47 Å². The van der Waals surface area contributed by atoms with Crippen LogP contribution in [0.4, 0.5) is 74.6 Å². The standard InChI is InChI=1S/C18H21F17O4/c1-3-4-39-10(7-37-6-5-36-2)8-38-9-11(19,20)12(21,22)13(23,24)14(25,26)15(27,28)16(29,30)17(31,32)18(33,34)35/h10H,3-9H2,1-2H3. The molecule has 0 amide bonds. The number of halogens is 17. The van der Waals surface area contributed by atoms with Gasteiger partial charge in [0, 0.05) is 13.7 Å². The molecule has 1 unspecified atom stereocenters. The van der Waals surface area contributed by atoms with Gasteiger partial charge in [-0.1, -0.05) is 6.92 Å². The highest BCUT2D eigenvalue weighted by atomic mass is 19.4. The van der Waals surface area contributed by atoms with E-state index >= 15 is 0 Å². The molecule has 4 nitrogen and oxygen atoms in total. The number of hydrogen-bond donors (Lipinski definition) is 0. The molecule has 0 heterocycles. The van der Waals surface area contributed by atoms with Gasteiger partial charge in [0.05, 0.1) is 26.4 Å². The molecule has 1 atom stereocenters. The van der Waals surface area contributed by atoms with Crippen molar-refractivity contribution < 1.29 is 93.6 Å². The summed E-state index contributed by atoms with van der Waals surface area (Å²) in [5, 5.41) is 0. The normalized spacial score (nSPS) is 16.1. The predicted octanol–water partition coefficient (Wildman–Crippen LogP) is 6.47. The second kappa shape index (κ2) is 12.7. The molecule has 21 heteroatoms. The summed E-state index contributed by atoms with van der Waals surface area (Å²) in [5.41, 5.74) is 0. The van der Waals surface area contributed by atoms with E-state index in [1.807, 2.05) is 0 Å². The van der Waals surface area contributed by atoms with E-state index in [1.165, 1.54) is 14.0 Å². The Labute approximate surface area is 208 Å². The van der Waals surface area contributed by atoms with E-state index in [4.69, 9.17) is 9.47 Å². The molecule has 39 heavy (non-hydrogen) atoms. The number of hydrogen-bond acceptors (Lipinski definition) is 4. The van der Waals surface area contributed by atoms with Crippen molar-refractivity contribution >= 4 is 0 Å². The average Bonchev–Trinajstić information content (AvgIpc) is 2.78. The van der Waals surface area contributed by atoms with Gasteiger partial charge >= 0.3 is 47.6 Å². The first-order valence-electron chi connectivity index (χ1n) is 10.2. The number of rotatable bonds is 18. The van der Waals surface area contributed by atoms with Crippen molar-refractivity contribution in [2.24, 2.45) is 0 Å². The maximum Gasteiger partial charge on any atom is 0.460 e. The van der Waals surface area contributed by atoms with E-state index in [1.54, 1.807) is 0 Å². The third-order valence-electron chi connectivity index (χ3n) is 4.67. The quantitative estimate of drug-likeness (QED) is 0.130. The molecular weight excluding hydrogens is 603 g/mol. The molecular formula is C18H21F17O4. The van der Waals surface area contributed by atoms with Crippen LogP contribution in [0.25, 0.3) is 0 Å². The lowest BCUT2D eigenvalue weighted by molar-refractivity contribution is -0.462. The Balaban J connectivity index is 6.00. The molecule has 0 spiro atoms. The van der Waals surface area contributed by atoms with Crippen LogP contribution >= 0.6 is 0 Å². The van der Waals surface area contributed by atoms with Crippen LogP contribution in [0.15, 0.2) is 0 Å². The molecule has 0 fully saturated rings. The second-order valence-electron chi connectivity index (χ2n) is 7.72. The third kappa shape index (κ3) is 7.11. The van der Waals surface area contributed by atoms with Crippen molar-refractivity contribution in [1.82, 2.24) is 0 Å². The summed E-state index contributed by atoms with van der Waals surface area (Å²) in [5.74, 6) is -56.8. The second-order valence-corrected chi connectivity index (χ2v) is 7.72. The van der Waals surface area contributed by atoms with Gasteiger partial charge in [0.2, 0.25) is 0 Å². The van der Waals surface area contributed by atoms with Crippen LogP contribution < -0.4 is 0 Å². The summed E-state index contributed by atoms with van der Waals surface area (Å²) < 4.78 is 244. The summed E-state index contributed by atoms with van der Waals surface area (Å²) in [6.07, 6.45) is -8.91. The maximum absolute atomic E-state index is 13.9. The van der Waals surface area contributed by atoms with Crippen molar-refractivity contribution in [1.29, 1.82) is 0 Å². The fourth-order valence-electron chi connectivity index (χ4n) is 2.39. The largest absolute Gasteiger partial charge is 0.460 e. The van der Waals surface area contributed by atoms with Crippen molar-refractivity contribution in [3.8, 4) is 0 Å². The zero-order chi connectivity index (χ0) is 31.4. The smallest absolute Gasteiger partial charge is 0.382 e. The first kappa shape index (κ1) is 37.6. The zero-order valence-corrected chi connectivity index (χ0v) is 19.6. The Bertz CT molecular complexity index is 754. The van der Waals surface area contributed by atoms with Gasteiger partial charge in [-0.25, -0.2) is 0 Å². The summed E-state index contributed by atoms with van der Waals surface area (Å²) in [6.45, 7) is -3.45. The molecule has 0 aliphatic heterocycles. The van der Waals surface area contributed by atoms with Gasteiger partial charge in [-0.3, -0.25) is 0 Å². The molecule has 0 N–H and O–H groups in total. The maximum atomic E-state index is 13.9. The van der Waals surface area contributed by atoms with Gasteiger partial charge in [-0.15, -0.1) is 0 Å². The summed E-state index contributed by atoms with van der Waals surface area (Å²) in [6, 6.07) is 0. The Morgan fingerprint density at radius 3 is 1.33 bits per heavy atom. The van der Waals surface area contributed by atoms with Crippen molar-refractivity contribution in [3.05, 3.63) is 0 Å². The number of methoxy groups -OCH3 is 1. The van der Waals surface area contributed by atoms with Crippen LogP contribution in [0.1, 0.15) is 13.3 Å². The molecule has 0 aromatic heterocycles. The molecule has 0 bridgehead atoms. The van der Waals surface area contributed by atoms with Crippen molar-refractivity contribution in [2.45, 2.75) is 67.1 Å². The van der Waals surface area contributed by atoms with Crippen LogP contribution in [0.3, 0.4) is 0 Å². The first-order chi connectivity index (χ1) is 17.2. The zero-order valence-electron chi connectivity index (χ0n) is 19.6. The molecule has 236 valence electrons. The van der Waals surface area contributed by atoms with Crippen LogP contribution in [-0.2, 0) is 18.9 Å². The fourth-order valence-corrected chi connectivity index (χ4v) is 2.39. The van der Waals surface area contributed by atoms with Crippen LogP contribution in [0.5, 0.6) is 0 Å². The third-order valence-corrected chi connectivity index (χ3v) is 4.67. The monoisotopic (exact) mass is 624 g/mol. The molecule has 0 aromatic carbocycles. The van der Waals surface area contributed by atoms with E-state index in [-0.39, 0.29) is 26.2 Å². The summed E-state index contributed by atoms with van der Waals surface area (Å²) in [4.78, 5) is 0. The minimum atomic E-state index is -8.67. The van der Waals surface area contributed by atoms with Gasteiger partial charge in [-0.05, 0) is 6.42 Å². The topological polar surface area (TPSA) is 36.9 Å². The van der Waals surface area contributed by atoms with E-state index in [0.29, 0.717) is 0 Å². The SMILES string of the molecule is CCCOC(COCCOC)COCC(F)(F)C(F)(F)C(F)(F)C(F)(F)C(F)(F)C(F)(F)C(F)(F)C(F)(F)F. The lowest BCUT2D eigenvalue weighted by Crippen LogP contribution is -2.74. The van der Waals surface area contributed by atoms with E-state index in [0.717, 1.165) is 0 Å². The van der Waals surface area contributed by atoms with Gasteiger partial charge in [0.25, 0.3) is 0 Å². The Morgan fingerprint density at radius 2 is 0.923 bits per heavy atom. The van der Waals surface area contributed by atoms with Crippen LogP contribution in [-0.4, -0.2) is 100 Å². The van der Waals surface area contributed by atoms with Gasteiger partial charge in [0.15, 0.2) is 0 Å². The highest BCUT2D eigenvalue weighted by Crippen LogP contribution is 2.63. The highest BCUT2D eigenvalue weighted by Gasteiger charge is 2.95. The average molecular weight is 624 g/mol. The fraction of sp³-hybridized carbons (Fsp3) is 1.00. The molecule has 0 radical (unpaired) electrons. The lowest BCUT2D eigenvalue weighted by Gasteiger charge is -2.42. The Morgan fingerprint density at radius 1 is 0.513 bits per heavy atom. The molecule has 0 aliphatic rings. The first-order valence-corrected chi connectivity index (χ1v) is 10.2. The Hall–Kier alpha value is -1.35. The minimum Gasteiger partial charge on any atom is -0.382 e. The predicted molar refractivity (Wildman–Crippen MR) is 94.2 cm³/mol. The molecule has 0 aromatic rings. The summed E-state index contributed by atoms with van der Waals surface area (Å²) in [7, 11) is 1.25. The highest BCUT2D eigenvalue weighted by molar-refractivity contribution is 5.15. The molecule has 0 rings (SSSR count). The molecule has 0 saturated heterocycles. The Kier molecular flexibility index (Phi) is 12.2. The molecule has 0 aliphatic carbocycles. The van der Waals surface area contributed by atoms with Crippen LogP contribution in [0.2, 0.25) is 0 Å². The lowest BCUT2D eigenvalue weighted by atomic mass is 9.89.